The van der Waals surface area contributed by atoms with Crippen molar-refractivity contribution in [2.75, 3.05) is 0 Å². The van der Waals surface area contributed by atoms with Gasteiger partial charge in [-0.2, -0.15) is 0 Å². The number of hydrogen-bond donors (Lipinski definition) is 0. The molecule has 0 aromatic carbocycles. The van der Waals surface area contributed by atoms with E-state index >= 15 is 0 Å². The summed E-state index contributed by atoms with van der Waals surface area (Å²) in [6.07, 6.45) is 0.434. The van der Waals surface area contributed by atoms with Gasteiger partial charge in [0.15, 0.2) is 0 Å². The van der Waals surface area contributed by atoms with Gasteiger partial charge in [-0.05, 0) is 12.3 Å². The third-order valence-corrected chi connectivity index (χ3v) is 4.37. The van der Waals surface area contributed by atoms with E-state index in [0.29, 0.717) is 6.42 Å². The fourth-order valence-corrected chi connectivity index (χ4v) is 3.79. The van der Waals surface area contributed by atoms with Crippen molar-refractivity contribution in [2.45, 2.75) is 17.9 Å². The smallest absolute Gasteiger partial charge is 0.310 e. The Morgan fingerprint density at radius 2 is 2.21 bits per heavy atom. The molecule has 14 heavy (non-hydrogen) atoms. The standard InChI is InChI=1S/C9H9ClO4/c10-6-2-1-3-5(4(2)8(11)12)9(13)14-7(3)6/h2-7H,1H2,(H,11,12)/p-1/t2-,3+,4-,5-,6+,7-/m1/s1. The molecule has 4 nitrogen and oxygen atoms in total. The molecule has 0 unspecified atom stereocenters. The van der Waals surface area contributed by atoms with Crippen molar-refractivity contribution in [3.05, 3.63) is 0 Å². The molecular formula is C9H8ClO4-. The number of carboxylic acids is 1. The van der Waals surface area contributed by atoms with E-state index in [1.807, 2.05) is 0 Å². The molecule has 0 aromatic heterocycles. The summed E-state index contributed by atoms with van der Waals surface area (Å²) in [7, 11) is 0. The van der Waals surface area contributed by atoms with Crippen LogP contribution in [0.3, 0.4) is 0 Å². The molecule has 76 valence electrons. The molecule has 0 spiro atoms. The van der Waals surface area contributed by atoms with Crippen LogP contribution in [0.15, 0.2) is 0 Å². The maximum atomic E-state index is 11.4. The lowest BCUT2D eigenvalue weighted by molar-refractivity contribution is -0.314. The Kier molecular flexibility index (Phi) is 1.48. The Balaban J connectivity index is 2.04. The van der Waals surface area contributed by atoms with Crippen molar-refractivity contribution in [1.82, 2.24) is 0 Å². The van der Waals surface area contributed by atoms with E-state index in [-0.39, 0.29) is 23.3 Å². The fourth-order valence-electron chi connectivity index (χ4n) is 3.29. The Morgan fingerprint density at radius 1 is 1.50 bits per heavy atom. The molecule has 6 atom stereocenters. The fraction of sp³-hybridized carbons (Fsp3) is 0.778. The average molecular weight is 216 g/mol. The topological polar surface area (TPSA) is 66.4 Å². The van der Waals surface area contributed by atoms with Crippen molar-refractivity contribution in [1.29, 1.82) is 0 Å². The lowest BCUT2D eigenvalue weighted by Crippen LogP contribution is -2.44. The molecule has 3 aliphatic rings. The molecule has 2 saturated carbocycles. The van der Waals surface area contributed by atoms with Crippen LogP contribution >= 0.6 is 11.6 Å². The van der Waals surface area contributed by atoms with Crippen molar-refractivity contribution >= 4 is 23.5 Å². The van der Waals surface area contributed by atoms with E-state index in [1.54, 1.807) is 0 Å². The highest BCUT2D eigenvalue weighted by molar-refractivity contribution is 6.22. The number of ether oxygens (including phenoxy) is 1. The molecule has 1 aliphatic heterocycles. The van der Waals surface area contributed by atoms with Crippen molar-refractivity contribution in [3.63, 3.8) is 0 Å². The maximum Gasteiger partial charge on any atom is 0.310 e. The molecule has 0 radical (unpaired) electrons. The van der Waals surface area contributed by atoms with Gasteiger partial charge in [0, 0.05) is 17.8 Å². The number of rotatable bonds is 1. The summed E-state index contributed by atoms with van der Waals surface area (Å²) in [5.74, 6) is -2.92. The predicted molar refractivity (Wildman–Crippen MR) is 43.1 cm³/mol. The van der Waals surface area contributed by atoms with Crippen LogP contribution in [0.5, 0.6) is 0 Å². The van der Waals surface area contributed by atoms with Crippen molar-refractivity contribution in [3.8, 4) is 0 Å². The number of carbonyl (C=O) groups is 2. The van der Waals surface area contributed by atoms with E-state index < -0.39 is 23.8 Å². The van der Waals surface area contributed by atoms with Crippen LogP contribution in [-0.4, -0.2) is 23.4 Å². The SMILES string of the molecule is O=C1O[C@H]2[C@@H](Cl)[C@@H]3C[C@H]2[C@@H]1[C@@H]3C(=O)[O-]. The third kappa shape index (κ3) is 0.764. The van der Waals surface area contributed by atoms with E-state index in [4.69, 9.17) is 16.3 Å². The summed E-state index contributed by atoms with van der Waals surface area (Å²) in [5, 5.41) is 10.6. The second-order valence-corrected chi connectivity index (χ2v) is 4.78. The maximum absolute atomic E-state index is 11.4. The first-order valence-electron chi connectivity index (χ1n) is 4.66. The molecule has 3 fully saturated rings. The number of carboxylic acid groups (broad SMARTS) is 1. The molecular weight excluding hydrogens is 208 g/mol. The van der Waals surface area contributed by atoms with Crippen LogP contribution in [0.1, 0.15) is 6.42 Å². The molecule has 1 heterocycles. The summed E-state index contributed by atoms with van der Waals surface area (Å²) in [5.41, 5.74) is 0. The highest BCUT2D eigenvalue weighted by Crippen LogP contribution is 2.59. The number of alkyl halides is 1. The van der Waals surface area contributed by atoms with Gasteiger partial charge < -0.3 is 14.6 Å². The van der Waals surface area contributed by atoms with Gasteiger partial charge in [0.2, 0.25) is 0 Å². The van der Waals surface area contributed by atoms with Crippen LogP contribution in [0.2, 0.25) is 0 Å². The highest BCUT2D eigenvalue weighted by atomic mass is 35.5. The zero-order valence-corrected chi connectivity index (χ0v) is 7.94. The largest absolute Gasteiger partial charge is 0.550 e. The first kappa shape index (κ1) is 8.53. The van der Waals surface area contributed by atoms with Gasteiger partial charge in [0.25, 0.3) is 0 Å². The first-order chi connectivity index (χ1) is 6.61. The van der Waals surface area contributed by atoms with Crippen molar-refractivity contribution in [2.24, 2.45) is 23.7 Å². The number of hydrogen-bond acceptors (Lipinski definition) is 4. The van der Waals surface area contributed by atoms with Gasteiger partial charge in [-0.3, -0.25) is 4.79 Å². The number of halogens is 1. The highest BCUT2D eigenvalue weighted by Gasteiger charge is 2.66. The van der Waals surface area contributed by atoms with Gasteiger partial charge in [-0.1, -0.05) is 0 Å². The van der Waals surface area contributed by atoms with E-state index in [2.05, 4.69) is 0 Å². The molecule has 0 aromatic rings. The van der Waals surface area contributed by atoms with Gasteiger partial charge in [0.05, 0.1) is 11.3 Å². The average Bonchev–Trinajstić information content (AvgIpc) is 2.67. The second kappa shape index (κ2) is 2.42. The molecule has 0 N–H and O–H groups in total. The summed E-state index contributed by atoms with van der Waals surface area (Å²) in [6.45, 7) is 0. The minimum atomic E-state index is -1.16. The number of carbonyl (C=O) groups excluding carboxylic acids is 2. The van der Waals surface area contributed by atoms with Gasteiger partial charge >= 0.3 is 5.97 Å². The molecule has 0 amide bonds. The number of fused-ring (bicyclic) bond motifs is 1. The van der Waals surface area contributed by atoms with Crippen molar-refractivity contribution < 1.29 is 19.4 Å². The predicted octanol–water partition coefficient (Wildman–Crippen LogP) is -0.849. The molecule has 2 bridgehead atoms. The molecule has 2 aliphatic carbocycles. The van der Waals surface area contributed by atoms with E-state index in [1.165, 1.54) is 0 Å². The van der Waals surface area contributed by atoms with E-state index in [9.17, 15) is 14.7 Å². The monoisotopic (exact) mass is 215 g/mol. The quantitative estimate of drug-likeness (QED) is 0.422. The minimum Gasteiger partial charge on any atom is -0.550 e. The lowest BCUT2D eigenvalue weighted by Gasteiger charge is -2.28. The van der Waals surface area contributed by atoms with E-state index in [0.717, 1.165) is 0 Å². The Bertz CT molecular complexity index is 329. The minimum absolute atomic E-state index is 0.0119. The summed E-state index contributed by atoms with van der Waals surface area (Å²) >= 11 is 6.04. The zero-order valence-electron chi connectivity index (χ0n) is 7.18. The van der Waals surface area contributed by atoms with Crippen LogP contribution in [-0.2, 0) is 14.3 Å². The molecule has 1 saturated heterocycles. The lowest BCUT2D eigenvalue weighted by atomic mass is 9.80. The Hall–Kier alpha value is -0.770. The van der Waals surface area contributed by atoms with Gasteiger partial charge in [-0.25, -0.2) is 0 Å². The normalized spacial score (nSPS) is 53.6. The van der Waals surface area contributed by atoms with Gasteiger partial charge in [-0.15, -0.1) is 11.6 Å². The zero-order chi connectivity index (χ0) is 10.0. The number of aliphatic carboxylic acids is 1. The van der Waals surface area contributed by atoms with Crippen LogP contribution in [0, 0.1) is 23.7 Å². The van der Waals surface area contributed by atoms with Crippen LogP contribution < -0.4 is 5.11 Å². The summed E-state index contributed by atoms with van der Waals surface area (Å²) < 4.78 is 5.07. The summed E-state index contributed by atoms with van der Waals surface area (Å²) in [4.78, 5) is 22.3. The Morgan fingerprint density at radius 3 is 2.86 bits per heavy atom. The van der Waals surface area contributed by atoms with Crippen LogP contribution in [0.25, 0.3) is 0 Å². The second-order valence-electron chi connectivity index (χ2n) is 4.28. The number of esters is 1. The Labute approximate surface area is 85.2 Å². The summed E-state index contributed by atoms with van der Waals surface area (Å²) in [6, 6.07) is 0. The third-order valence-electron chi connectivity index (χ3n) is 3.80. The van der Waals surface area contributed by atoms with Gasteiger partial charge in [0.1, 0.15) is 6.10 Å². The first-order valence-corrected chi connectivity index (χ1v) is 5.10. The molecule has 5 heteroatoms. The van der Waals surface area contributed by atoms with Crippen LogP contribution in [0.4, 0.5) is 0 Å². The molecule has 3 rings (SSSR count).